The van der Waals surface area contributed by atoms with Crippen LogP contribution in [0.4, 0.5) is 0 Å². The van der Waals surface area contributed by atoms with Gasteiger partial charge in [-0.1, -0.05) is 45.4 Å². The molecule has 0 aromatic carbocycles. The normalized spacial score (nSPS) is 17.8. The molecule has 1 aromatic heterocycles. The summed E-state index contributed by atoms with van der Waals surface area (Å²) in [5, 5.41) is 3.40. The first-order valence-corrected chi connectivity index (χ1v) is 7.52. The lowest BCUT2D eigenvalue weighted by Crippen LogP contribution is -2.16. The highest BCUT2D eigenvalue weighted by atomic mass is 16.3. The Morgan fingerprint density at radius 1 is 1.28 bits per heavy atom. The van der Waals surface area contributed by atoms with Gasteiger partial charge in [-0.25, -0.2) is 4.98 Å². The van der Waals surface area contributed by atoms with Gasteiger partial charge in [-0.3, -0.25) is 0 Å². The lowest BCUT2D eigenvalue weighted by molar-refractivity contribution is 0.399. The zero-order valence-corrected chi connectivity index (χ0v) is 11.6. The van der Waals surface area contributed by atoms with Gasteiger partial charge >= 0.3 is 0 Å². The molecule has 3 nitrogen and oxygen atoms in total. The van der Waals surface area contributed by atoms with E-state index >= 15 is 0 Å². The Morgan fingerprint density at radius 3 is 2.78 bits per heavy atom. The van der Waals surface area contributed by atoms with Gasteiger partial charge in [0.25, 0.3) is 0 Å². The van der Waals surface area contributed by atoms with Crippen LogP contribution >= 0.6 is 0 Å². The van der Waals surface area contributed by atoms with Gasteiger partial charge in [-0.15, -0.1) is 0 Å². The Kier molecular flexibility index (Phi) is 5.72. The quantitative estimate of drug-likeness (QED) is 0.618. The minimum absolute atomic E-state index is 0.811. The molecule has 0 aliphatic heterocycles. The van der Waals surface area contributed by atoms with E-state index in [4.69, 9.17) is 4.42 Å². The molecule has 1 saturated carbocycles. The van der Waals surface area contributed by atoms with Gasteiger partial charge in [-0.05, 0) is 18.9 Å². The lowest BCUT2D eigenvalue weighted by Gasteiger charge is -2.12. The van der Waals surface area contributed by atoms with Crippen molar-refractivity contribution >= 4 is 0 Å². The molecule has 102 valence electrons. The van der Waals surface area contributed by atoms with E-state index in [1.165, 1.54) is 38.5 Å². The Morgan fingerprint density at radius 2 is 2.06 bits per heavy atom. The SMILES string of the molecule is CCCNCc1ncoc1CC1CCCCCC1. The maximum Gasteiger partial charge on any atom is 0.181 e. The Bertz CT molecular complexity index is 327. The molecule has 0 unspecified atom stereocenters. The molecule has 1 heterocycles. The molecule has 0 bridgehead atoms. The first-order valence-electron chi connectivity index (χ1n) is 7.52. The zero-order chi connectivity index (χ0) is 12.6. The molecule has 1 aliphatic carbocycles. The third-order valence-electron chi connectivity index (χ3n) is 3.89. The second-order valence-electron chi connectivity index (χ2n) is 5.46. The number of hydrogen-bond donors (Lipinski definition) is 1. The zero-order valence-electron chi connectivity index (χ0n) is 11.6. The van der Waals surface area contributed by atoms with Crippen LogP contribution in [0.5, 0.6) is 0 Å². The van der Waals surface area contributed by atoms with E-state index < -0.39 is 0 Å². The van der Waals surface area contributed by atoms with Crippen LogP contribution in [-0.2, 0) is 13.0 Å². The number of hydrogen-bond acceptors (Lipinski definition) is 3. The van der Waals surface area contributed by atoms with Gasteiger partial charge < -0.3 is 9.73 Å². The summed E-state index contributed by atoms with van der Waals surface area (Å²) in [6, 6.07) is 0. The van der Waals surface area contributed by atoms with Crippen LogP contribution in [0.2, 0.25) is 0 Å². The summed E-state index contributed by atoms with van der Waals surface area (Å²) in [5.41, 5.74) is 1.12. The van der Waals surface area contributed by atoms with Crippen molar-refractivity contribution in [2.75, 3.05) is 6.54 Å². The van der Waals surface area contributed by atoms with Crippen LogP contribution in [0.25, 0.3) is 0 Å². The van der Waals surface area contributed by atoms with Crippen molar-refractivity contribution in [3.8, 4) is 0 Å². The standard InChI is InChI=1S/C15H26N2O/c1-2-9-16-11-14-15(18-12-17-14)10-13-7-5-3-4-6-8-13/h12-13,16H,2-11H2,1H3. The summed E-state index contributed by atoms with van der Waals surface area (Å²) in [6.07, 6.45) is 12.2. The van der Waals surface area contributed by atoms with Crippen molar-refractivity contribution in [1.29, 1.82) is 0 Å². The van der Waals surface area contributed by atoms with E-state index in [-0.39, 0.29) is 0 Å². The first kappa shape index (κ1) is 13.6. The number of nitrogens with zero attached hydrogens (tertiary/aromatic N) is 1. The highest BCUT2D eigenvalue weighted by molar-refractivity contribution is 5.08. The van der Waals surface area contributed by atoms with Crippen molar-refractivity contribution in [3.63, 3.8) is 0 Å². The maximum absolute atomic E-state index is 5.59. The molecular formula is C15H26N2O. The van der Waals surface area contributed by atoms with E-state index in [2.05, 4.69) is 17.2 Å². The monoisotopic (exact) mass is 250 g/mol. The molecule has 0 spiro atoms. The fourth-order valence-electron chi connectivity index (χ4n) is 2.82. The fourth-order valence-corrected chi connectivity index (χ4v) is 2.82. The van der Waals surface area contributed by atoms with Crippen molar-refractivity contribution in [2.45, 2.75) is 64.8 Å². The molecule has 2 rings (SSSR count). The highest BCUT2D eigenvalue weighted by Crippen LogP contribution is 2.26. The average molecular weight is 250 g/mol. The molecular weight excluding hydrogens is 224 g/mol. The molecule has 0 atom stereocenters. The second kappa shape index (κ2) is 7.57. The molecule has 1 fully saturated rings. The van der Waals surface area contributed by atoms with E-state index in [9.17, 15) is 0 Å². The summed E-state index contributed by atoms with van der Waals surface area (Å²) in [4.78, 5) is 4.35. The second-order valence-corrected chi connectivity index (χ2v) is 5.46. The highest BCUT2D eigenvalue weighted by Gasteiger charge is 2.17. The smallest absolute Gasteiger partial charge is 0.181 e. The van der Waals surface area contributed by atoms with Gasteiger partial charge in [0.2, 0.25) is 0 Å². The van der Waals surface area contributed by atoms with Gasteiger partial charge in [0, 0.05) is 13.0 Å². The number of nitrogens with one attached hydrogen (secondary N) is 1. The van der Waals surface area contributed by atoms with Gasteiger partial charge in [-0.2, -0.15) is 0 Å². The van der Waals surface area contributed by atoms with Crippen LogP contribution < -0.4 is 5.32 Å². The van der Waals surface area contributed by atoms with Gasteiger partial charge in [0.1, 0.15) is 5.76 Å². The average Bonchev–Trinajstić information content (AvgIpc) is 2.65. The topological polar surface area (TPSA) is 38.1 Å². The molecule has 0 saturated heterocycles. The van der Waals surface area contributed by atoms with Crippen LogP contribution in [0.3, 0.4) is 0 Å². The minimum atomic E-state index is 0.811. The summed E-state index contributed by atoms with van der Waals surface area (Å²) < 4.78 is 5.59. The number of oxazole rings is 1. The van der Waals surface area contributed by atoms with Crippen molar-refractivity contribution in [1.82, 2.24) is 10.3 Å². The molecule has 0 radical (unpaired) electrons. The third-order valence-corrected chi connectivity index (χ3v) is 3.89. The van der Waals surface area contributed by atoms with Crippen LogP contribution in [0.15, 0.2) is 10.8 Å². The first-order chi connectivity index (χ1) is 8.90. The fraction of sp³-hybridized carbons (Fsp3) is 0.800. The predicted octanol–water partition coefficient (Wildman–Crippen LogP) is 3.69. The van der Waals surface area contributed by atoms with E-state index in [1.807, 2.05) is 0 Å². The summed E-state index contributed by atoms with van der Waals surface area (Å²) in [7, 11) is 0. The van der Waals surface area contributed by atoms with Crippen LogP contribution in [0.1, 0.15) is 63.3 Å². The molecule has 3 heteroatoms. The summed E-state index contributed by atoms with van der Waals surface area (Å²) >= 11 is 0. The summed E-state index contributed by atoms with van der Waals surface area (Å²) in [5.74, 6) is 1.93. The predicted molar refractivity (Wildman–Crippen MR) is 73.4 cm³/mol. The molecule has 1 aliphatic rings. The van der Waals surface area contributed by atoms with Crippen molar-refractivity contribution in [3.05, 3.63) is 17.8 Å². The van der Waals surface area contributed by atoms with Crippen LogP contribution in [0, 0.1) is 5.92 Å². The van der Waals surface area contributed by atoms with Gasteiger partial charge in [0.05, 0.1) is 5.69 Å². The largest absolute Gasteiger partial charge is 0.448 e. The Labute approximate surface area is 110 Å². The van der Waals surface area contributed by atoms with Gasteiger partial charge in [0.15, 0.2) is 6.39 Å². The van der Waals surface area contributed by atoms with E-state index in [0.717, 1.165) is 43.3 Å². The van der Waals surface area contributed by atoms with E-state index in [1.54, 1.807) is 6.39 Å². The summed E-state index contributed by atoms with van der Waals surface area (Å²) in [6.45, 7) is 4.09. The number of rotatable bonds is 6. The number of aromatic nitrogens is 1. The Balaban J connectivity index is 1.85. The van der Waals surface area contributed by atoms with E-state index in [0.29, 0.717) is 0 Å². The van der Waals surface area contributed by atoms with Crippen LogP contribution in [-0.4, -0.2) is 11.5 Å². The Hall–Kier alpha value is -0.830. The van der Waals surface area contributed by atoms with Crippen molar-refractivity contribution in [2.24, 2.45) is 5.92 Å². The molecule has 1 aromatic rings. The van der Waals surface area contributed by atoms with Crippen molar-refractivity contribution < 1.29 is 4.42 Å². The maximum atomic E-state index is 5.59. The molecule has 0 amide bonds. The third kappa shape index (κ3) is 4.13. The molecule has 1 N–H and O–H groups in total. The molecule has 18 heavy (non-hydrogen) atoms. The minimum Gasteiger partial charge on any atom is -0.448 e. The lowest BCUT2D eigenvalue weighted by atomic mass is 9.95.